The minimum Gasteiger partial charge on any atom is -0.512 e. The minimum absolute atomic E-state index is 0. The molecule has 0 atom stereocenters. The summed E-state index contributed by atoms with van der Waals surface area (Å²) in [5.41, 5.74) is 2.36. The van der Waals surface area contributed by atoms with E-state index in [1.54, 1.807) is 97.1 Å². The van der Waals surface area contributed by atoms with E-state index in [0.717, 1.165) is 0 Å². The SMILES string of the molecule is C/C(O)=C/C(=O)c1ccccc1.C/C(O)=C/C(=O)c1ccccc1.C/C(O)=C/C(=O)c1ccccc1.C/C(O)=C/C(=O)c1ccccc1.[Hf]. The summed E-state index contributed by atoms with van der Waals surface area (Å²) in [6.07, 6.45) is 4.81. The molecule has 0 aromatic heterocycles. The summed E-state index contributed by atoms with van der Waals surface area (Å²) in [6, 6.07) is 35.3. The maximum atomic E-state index is 11.2. The Balaban J connectivity index is 0.000000623. The Labute approximate surface area is 305 Å². The molecule has 252 valence electrons. The standard InChI is InChI=1S/4C10H10O2.Hf/c4*1-8(11)7-10(12)9-5-3-2-4-6-9;/h4*2-7,11H,1H3;/b4*8-7-;. The zero-order chi connectivity index (χ0) is 35.9. The molecule has 0 aliphatic carbocycles. The molecule has 0 aliphatic heterocycles. The van der Waals surface area contributed by atoms with Crippen molar-refractivity contribution in [2.24, 2.45) is 0 Å². The van der Waals surface area contributed by atoms with Crippen molar-refractivity contribution in [3.05, 3.63) is 191 Å². The van der Waals surface area contributed by atoms with Gasteiger partial charge in [-0.05, 0) is 27.7 Å². The fourth-order valence-corrected chi connectivity index (χ4v) is 3.50. The zero-order valence-corrected chi connectivity index (χ0v) is 31.4. The first kappa shape index (κ1) is 43.6. The number of ketones is 4. The van der Waals surface area contributed by atoms with Gasteiger partial charge >= 0.3 is 0 Å². The third-order valence-electron chi connectivity index (χ3n) is 5.59. The van der Waals surface area contributed by atoms with Crippen LogP contribution in [0, 0.1) is 0 Å². The second kappa shape index (κ2) is 24.7. The molecule has 8 nitrogen and oxygen atoms in total. The first-order valence-electron chi connectivity index (χ1n) is 14.7. The molecule has 4 aromatic rings. The van der Waals surface area contributed by atoms with Crippen LogP contribution in [0.5, 0.6) is 0 Å². The predicted octanol–water partition coefficient (Wildman–Crippen LogP) is 9.32. The molecule has 0 saturated carbocycles. The largest absolute Gasteiger partial charge is 0.512 e. The molecule has 0 saturated heterocycles. The van der Waals surface area contributed by atoms with E-state index in [9.17, 15) is 19.2 Å². The van der Waals surface area contributed by atoms with Gasteiger partial charge in [0.25, 0.3) is 0 Å². The van der Waals surface area contributed by atoms with Gasteiger partial charge in [0.05, 0.1) is 23.0 Å². The summed E-state index contributed by atoms with van der Waals surface area (Å²) >= 11 is 0. The fraction of sp³-hybridized carbons (Fsp3) is 0.100. The van der Waals surface area contributed by atoms with Crippen molar-refractivity contribution in [2.45, 2.75) is 27.7 Å². The van der Waals surface area contributed by atoms with Crippen molar-refractivity contribution in [3.63, 3.8) is 0 Å². The van der Waals surface area contributed by atoms with Crippen LogP contribution in [0.2, 0.25) is 0 Å². The van der Waals surface area contributed by atoms with E-state index in [1.807, 2.05) is 24.3 Å². The van der Waals surface area contributed by atoms with E-state index >= 15 is 0 Å². The number of rotatable bonds is 8. The molecule has 4 aromatic carbocycles. The van der Waals surface area contributed by atoms with Crippen LogP contribution in [0.15, 0.2) is 169 Å². The van der Waals surface area contributed by atoms with Gasteiger partial charge in [-0.15, -0.1) is 0 Å². The second-order valence-corrected chi connectivity index (χ2v) is 10.1. The number of carbonyl (C=O) groups excluding carboxylic acids is 4. The molecule has 0 fully saturated rings. The molecule has 4 rings (SSSR count). The molecule has 4 N–H and O–H groups in total. The molecule has 0 heterocycles. The van der Waals surface area contributed by atoms with Crippen molar-refractivity contribution in [1.82, 2.24) is 0 Å². The molecule has 0 aliphatic rings. The Morgan fingerprint density at radius 3 is 0.612 bits per heavy atom. The molecular formula is C40H40HfO8. The van der Waals surface area contributed by atoms with E-state index in [0.29, 0.717) is 22.3 Å². The molecular weight excluding hydrogens is 787 g/mol. The molecule has 49 heavy (non-hydrogen) atoms. The van der Waals surface area contributed by atoms with Crippen LogP contribution in [-0.2, 0) is 25.8 Å². The monoisotopic (exact) mass is 828 g/mol. The van der Waals surface area contributed by atoms with Crippen LogP contribution in [0.3, 0.4) is 0 Å². The molecule has 9 heteroatoms. The summed E-state index contributed by atoms with van der Waals surface area (Å²) in [5, 5.41) is 35.3. The van der Waals surface area contributed by atoms with Crippen molar-refractivity contribution >= 4 is 23.1 Å². The number of carbonyl (C=O) groups is 4. The van der Waals surface area contributed by atoms with Gasteiger partial charge in [-0.3, -0.25) is 19.2 Å². The van der Waals surface area contributed by atoms with Gasteiger partial charge in [0.15, 0.2) is 23.1 Å². The number of hydrogen-bond acceptors (Lipinski definition) is 8. The zero-order valence-electron chi connectivity index (χ0n) is 27.8. The maximum Gasteiger partial charge on any atom is 0.189 e. The summed E-state index contributed by atoms with van der Waals surface area (Å²) in [6.45, 7) is 5.89. The van der Waals surface area contributed by atoms with E-state index < -0.39 is 0 Å². The number of allylic oxidation sites excluding steroid dienone is 8. The molecule has 0 amide bonds. The van der Waals surface area contributed by atoms with E-state index in [4.69, 9.17) is 20.4 Å². The summed E-state index contributed by atoms with van der Waals surface area (Å²) < 4.78 is 0. The first-order valence-corrected chi connectivity index (χ1v) is 14.7. The van der Waals surface area contributed by atoms with Gasteiger partial charge in [-0.2, -0.15) is 0 Å². The minimum atomic E-state index is -0.171. The Hall–Kier alpha value is -5.41. The fourth-order valence-electron chi connectivity index (χ4n) is 3.50. The van der Waals surface area contributed by atoms with Crippen molar-refractivity contribution in [2.75, 3.05) is 0 Å². The number of hydrogen-bond donors (Lipinski definition) is 4. The number of benzene rings is 4. The Morgan fingerprint density at radius 1 is 0.347 bits per heavy atom. The molecule has 0 spiro atoms. The van der Waals surface area contributed by atoms with Crippen LogP contribution >= 0.6 is 0 Å². The van der Waals surface area contributed by atoms with Crippen molar-refractivity contribution in [3.8, 4) is 0 Å². The average molecular weight is 827 g/mol. The normalized spacial score (nSPS) is 11.0. The Kier molecular flexibility index (Phi) is 22.0. The van der Waals surface area contributed by atoms with Gasteiger partial charge in [0.2, 0.25) is 0 Å². The van der Waals surface area contributed by atoms with Crippen LogP contribution in [0.4, 0.5) is 0 Å². The maximum absolute atomic E-state index is 11.2. The Bertz CT molecular complexity index is 1450. The summed E-state index contributed by atoms with van der Waals surface area (Å²) in [4.78, 5) is 44.9. The average Bonchev–Trinajstić information content (AvgIpc) is 3.06. The van der Waals surface area contributed by atoms with Gasteiger partial charge in [-0.1, -0.05) is 121 Å². The van der Waals surface area contributed by atoms with Crippen molar-refractivity contribution in [1.29, 1.82) is 0 Å². The van der Waals surface area contributed by atoms with Gasteiger partial charge in [0, 0.05) is 72.4 Å². The Morgan fingerprint density at radius 2 is 0.490 bits per heavy atom. The van der Waals surface area contributed by atoms with Crippen LogP contribution in [-0.4, -0.2) is 43.6 Å². The third-order valence-corrected chi connectivity index (χ3v) is 5.59. The van der Waals surface area contributed by atoms with Crippen LogP contribution in [0.1, 0.15) is 69.1 Å². The van der Waals surface area contributed by atoms with Crippen LogP contribution in [0.25, 0.3) is 0 Å². The smallest absolute Gasteiger partial charge is 0.189 e. The first-order chi connectivity index (χ1) is 22.8. The predicted molar refractivity (Wildman–Crippen MR) is 189 cm³/mol. The molecule has 0 unspecified atom stereocenters. The van der Waals surface area contributed by atoms with Gasteiger partial charge in [0.1, 0.15) is 0 Å². The quantitative estimate of drug-likeness (QED) is 0.0595. The summed E-state index contributed by atoms with van der Waals surface area (Å²) in [5.74, 6) is -0.558. The molecule has 0 bridgehead atoms. The third kappa shape index (κ3) is 20.4. The summed E-state index contributed by atoms with van der Waals surface area (Å²) in [7, 11) is 0. The van der Waals surface area contributed by atoms with Gasteiger partial charge < -0.3 is 20.4 Å². The van der Waals surface area contributed by atoms with E-state index in [2.05, 4.69) is 0 Å². The van der Waals surface area contributed by atoms with Crippen molar-refractivity contribution < 1.29 is 65.4 Å². The van der Waals surface area contributed by atoms with E-state index in [1.165, 1.54) is 52.0 Å². The molecule has 0 radical (unpaired) electrons. The second-order valence-electron chi connectivity index (χ2n) is 10.1. The van der Waals surface area contributed by atoms with Gasteiger partial charge in [-0.25, -0.2) is 0 Å². The topological polar surface area (TPSA) is 149 Å². The van der Waals surface area contributed by atoms with Crippen LogP contribution < -0.4 is 0 Å². The number of aliphatic hydroxyl groups excluding tert-OH is 4. The van der Waals surface area contributed by atoms with E-state index in [-0.39, 0.29) is 72.0 Å². The number of aliphatic hydroxyl groups is 4.